The molecule has 1 aromatic rings. The van der Waals surface area contributed by atoms with Crippen LogP contribution in [0.25, 0.3) is 0 Å². The Balaban J connectivity index is 2.90. The van der Waals surface area contributed by atoms with Crippen LogP contribution in [0.2, 0.25) is 0 Å². The number of hydrogen-bond acceptors (Lipinski definition) is 5. The molecule has 0 aliphatic heterocycles. The number of anilines is 1. The van der Waals surface area contributed by atoms with E-state index in [-0.39, 0.29) is 6.61 Å². The molecule has 6 heteroatoms. The van der Waals surface area contributed by atoms with Gasteiger partial charge >= 0.3 is 5.97 Å². The lowest BCUT2D eigenvalue weighted by Gasteiger charge is -2.16. The van der Waals surface area contributed by atoms with Gasteiger partial charge in [0.1, 0.15) is 17.5 Å². The summed E-state index contributed by atoms with van der Waals surface area (Å²) in [5, 5.41) is 11.9. The number of nitrogens with one attached hydrogen (secondary N) is 1. The molecule has 0 bridgehead atoms. The fourth-order valence-electron chi connectivity index (χ4n) is 1.43. The first-order valence-corrected chi connectivity index (χ1v) is 5.32. The number of ether oxygens (including phenoxy) is 3. The third-order valence-electron chi connectivity index (χ3n) is 2.32. The summed E-state index contributed by atoms with van der Waals surface area (Å²) in [7, 11) is 4.51. The molecule has 0 amide bonds. The van der Waals surface area contributed by atoms with Crippen LogP contribution < -0.4 is 14.8 Å². The Hall–Kier alpha value is -1.95. The van der Waals surface area contributed by atoms with E-state index < -0.39 is 12.0 Å². The van der Waals surface area contributed by atoms with Crippen LogP contribution in [0.5, 0.6) is 11.5 Å². The zero-order valence-corrected chi connectivity index (χ0v) is 10.6. The summed E-state index contributed by atoms with van der Waals surface area (Å²) in [6.45, 7) is 0.0643. The van der Waals surface area contributed by atoms with Crippen molar-refractivity contribution in [3.05, 3.63) is 18.2 Å². The molecule has 0 fully saturated rings. The smallest absolute Gasteiger partial charge is 0.328 e. The molecule has 0 spiro atoms. The first kappa shape index (κ1) is 14.1. The molecule has 0 aliphatic carbocycles. The number of hydrogen-bond donors (Lipinski definition) is 2. The van der Waals surface area contributed by atoms with Gasteiger partial charge in [-0.25, -0.2) is 4.79 Å². The van der Waals surface area contributed by atoms with E-state index in [4.69, 9.17) is 19.3 Å². The quantitative estimate of drug-likeness (QED) is 0.762. The average molecular weight is 255 g/mol. The predicted molar refractivity (Wildman–Crippen MR) is 66.5 cm³/mol. The molecule has 0 aliphatic rings. The lowest BCUT2D eigenvalue weighted by Crippen LogP contribution is -2.33. The minimum atomic E-state index is -0.987. The second-order valence-corrected chi connectivity index (χ2v) is 3.59. The van der Waals surface area contributed by atoms with E-state index in [1.54, 1.807) is 18.2 Å². The normalized spacial score (nSPS) is 11.7. The van der Waals surface area contributed by atoms with Gasteiger partial charge in [-0.1, -0.05) is 0 Å². The van der Waals surface area contributed by atoms with Crippen LogP contribution in [0.15, 0.2) is 18.2 Å². The SMILES string of the molecule is COCC(Nc1cc(OC)cc(OC)c1)C(=O)O. The molecule has 0 aromatic heterocycles. The summed E-state index contributed by atoms with van der Waals surface area (Å²) in [5.41, 5.74) is 0.593. The van der Waals surface area contributed by atoms with E-state index in [1.807, 2.05) is 0 Å². The van der Waals surface area contributed by atoms with Gasteiger partial charge in [0.25, 0.3) is 0 Å². The molecule has 100 valence electrons. The number of methoxy groups -OCH3 is 3. The van der Waals surface area contributed by atoms with Crippen LogP contribution in [-0.2, 0) is 9.53 Å². The van der Waals surface area contributed by atoms with Crippen LogP contribution >= 0.6 is 0 Å². The highest BCUT2D eigenvalue weighted by molar-refractivity contribution is 5.77. The fourth-order valence-corrected chi connectivity index (χ4v) is 1.43. The van der Waals surface area contributed by atoms with E-state index >= 15 is 0 Å². The van der Waals surface area contributed by atoms with Crippen molar-refractivity contribution in [2.24, 2.45) is 0 Å². The summed E-state index contributed by atoms with van der Waals surface area (Å²) in [6.07, 6.45) is 0. The summed E-state index contributed by atoms with van der Waals surface area (Å²) in [6, 6.07) is 4.26. The van der Waals surface area contributed by atoms with E-state index in [0.29, 0.717) is 17.2 Å². The van der Waals surface area contributed by atoms with Gasteiger partial charge in [0.15, 0.2) is 0 Å². The van der Waals surface area contributed by atoms with Crippen LogP contribution in [0.3, 0.4) is 0 Å². The van der Waals surface area contributed by atoms with Crippen molar-refractivity contribution >= 4 is 11.7 Å². The monoisotopic (exact) mass is 255 g/mol. The van der Waals surface area contributed by atoms with Crippen molar-refractivity contribution in [2.75, 3.05) is 33.3 Å². The Morgan fingerprint density at radius 2 is 1.78 bits per heavy atom. The third kappa shape index (κ3) is 3.81. The summed E-state index contributed by atoms with van der Waals surface area (Å²) in [4.78, 5) is 11.0. The third-order valence-corrected chi connectivity index (χ3v) is 2.32. The van der Waals surface area contributed by atoms with E-state index in [1.165, 1.54) is 21.3 Å². The number of rotatable bonds is 7. The Bertz CT molecular complexity index is 385. The van der Waals surface area contributed by atoms with Crippen molar-refractivity contribution in [1.29, 1.82) is 0 Å². The number of benzene rings is 1. The molecule has 2 N–H and O–H groups in total. The molecule has 1 atom stereocenters. The van der Waals surface area contributed by atoms with Crippen molar-refractivity contribution < 1.29 is 24.1 Å². The predicted octanol–water partition coefficient (Wildman–Crippen LogP) is 1.22. The molecule has 0 heterocycles. The maximum absolute atomic E-state index is 11.0. The van der Waals surface area contributed by atoms with Crippen LogP contribution in [0.4, 0.5) is 5.69 Å². The highest BCUT2D eigenvalue weighted by Crippen LogP contribution is 2.26. The Morgan fingerprint density at radius 3 is 2.17 bits per heavy atom. The van der Waals surface area contributed by atoms with Crippen LogP contribution in [0, 0.1) is 0 Å². The number of carboxylic acids is 1. The van der Waals surface area contributed by atoms with Gasteiger partial charge in [0.05, 0.1) is 20.8 Å². The first-order chi connectivity index (χ1) is 8.60. The summed E-state index contributed by atoms with van der Waals surface area (Å²) in [5.74, 6) is 0.176. The van der Waals surface area contributed by atoms with Gasteiger partial charge in [-0.2, -0.15) is 0 Å². The minimum Gasteiger partial charge on any atom is -0.497 e. The van der Waals surface area contributed by atoms with E-state index in [0.717, 1.165) is 0 Å². The molecule has 1 rings (SSSR count). The number of aliphatic carboxylic acids is 1. The van der Waals surface area contributed by atoms with E-state index in [9.17, 15) is 4.79 Å². The Kier molecular flexibility index (Phi) is 5.26. The van der Waals surface area contributed by atoms with Gasteiger partial charge in [0, 0.05) is 31.0 Å². The number of carbonyl (C=O) groups is 1. The van der Waals surface area contributed by atoms with Gasteiger partial charge in [-0.15, -0.1) is 0 Å². The van der Waals surface area contributed by atoms with Crippen molar-refractivity contribution in [3.8, 4) is 11.5 Å². The molecule has 6 nitrogen and oxygen atoms in total. The lowest BCUT2D eigenvalue weighted by molar-refractivity contribution is -0.139. The van der Waals surface area contributed by atoms with Gasteiger partial charge < -0.3 is 24.6 Å². The molecular formula is C12H17NO5. The first-order valence-electron chi connectivity index (χ1n) is 5.32. The Labute approximate surface area is 105 Å². The number of carboxylic acid groups (broad SMARTS) is 1. The minimum absolute atomic E-state index is 0.0643. The lowest BCUT2D eigenvalue weighted by atomic mass is 10.2. The van der Waals surface area contributed by atoms with Crippen molar-refractivity contribution in [2.45, 2.75) is 6.04 Å². The molecule has 0 saturated carbocycles. The van der Waals surface area contributed by atoms with Crippen LogP contribution in [0.1, 0.15) is 0 Å². The maximum atomic E-state index is 11.0. The van der Waals surface area contributed by atoms with Crippen LogP contribution in [-0.4, -0.2) is 45.1 Å². The largest absolute Gasteiger partial charge is 0.497 e. The standard InChI is InChI=1S/C12H17NO5/c1-16-7-11(12(14)15)13-8-4-9(17-2)6-10(5-8)18-3/h4-6,11,13H,7H2,1-3H3,(H,14,15). The van der Waals surface area contributed by atoms with Gasteiger partial charge in [-0.3, -0.25) is 0 Å². The second-order valence-electron chi connectivity index (χ2n) is 3.59. The molecular weight excluding hydrogens is 238 g/mol. The fraction of sp³-hybridized carbons (Fsp3) is 0.417. The second kappa shape index (κ2) is 6.70. The summed E-state index contributed by atoms with van der Waals surface area (Å²) >= 11 is 0. The molecule has 0 radical (unpaired) electrons. The molecule has 1 unspecified atom stereocenters. The molecule has 18 heavy (non-hydrogen) atoms. The maximum Gasteiger partial charge on any atom is 0.328 e. The highest BCUT2D eigenvalue weighted by Gasteiger charge is 2.17. The topological polar surface area (TPSA) is 77.0 Å². The van der Waals surface area contributed by atoms with Gasteiger partial charge in [0.2, 0.25) is 0 Å². The molecule has 0 saturated heterocycles. The van der Waals surface area contributed by atoms with Crippen molar-refractivity contribution in [1.82, 2.24) is 0 Å². The zero-order chi connectivity index (χ0) is 13.5. The molecule has 1 aromatic carbocycles. The van der Waals surface area contributed by atoms with Gasteiger partial charge in [-0.05, 0) is 0 Å². The zero-order valence-electron chi connectivity index (χ0n) is 10.6. The average Bonchev–Trinajstić information content (AvgIpc) is 2.37. The summed E-state index contributed by atoms with van der Waals surface area (Å²) < 4.78 is 15.0. The highest BCUT2D eigenvalue weighted by atomic mass is 16.5. The Morgan fingerprint density at radius 1 is 1.22 bits per heavy atom. The van der Waals surface area contributed by atoms with Crippen molar-refractivity contribution in [3.63, 3.8) is 0 Å². The van der Waals surface area contributed by atoms with E-state index in [2.05, 4.69) is 5.32 Å².